The summed E-state index contributed by atoms with van der Waals surface area (Å²) in [5.41, 5.74) is 6.95. The van der Waals surface area contributed by atoms with Crippen molar-refractivity contribution in [1.82, 2.24) is 29.8 Å². The lowest BCUT2D eigenvalue weighted by Crippen LogP contribution is -2.47. The third kappa shape index (κ3) is 3.46. The second-order valence-corrected chi connectivity index (χ2v) is 6.75. The highest BCUT2D eigenvalue weighted by molar-refractivity contribution is 6.38. The van der Waals surface area contributed by atoms with Crippen molar-refractivity contribution in [2.75, 3.05) is 0 Å². The summed E-state index contributed by atoms with van der Waals surface area (Å²) >= 11 is 0. The number of nitrogens with zero attached hydrogens (tertiary/aromatic N) is 3. The molecule has 0 radical (unpaired) electrons. The summed E-state index contributed by atoms with van der Waals surface area (Å²) in [6, 6.07) is 6.00. The maximum Gasteiger partial charge on any atom is 0.287 e. The standard InChI is InChI=1S/C20H19N7O3/c1-11-24-10-15(27(11)16-4-2-3-6-22-16)20(30)26-14(17(28)18(21)29)8-12-9-25-19-13(12)5-7-23-19/h2-7,9-10,14,23,25H,8H2,1H3,(H2,21,29)(H,26,30). The molecule has 10 heteroatoms. The number of carbonyl (C=O) groups is 3. The van der Waals surface area contributed by atoms with Crippen molar-refractivity contribution in [1.29, 1.82) is 0 Å². The third-order valence-electron chi connectivity index (χ3n) is 4.82. The summed E-state index contributed by atoms with van der Waals surface area (Å²) < 4.78 is 1.57. The van der Waals surface area contributed by atoms with Gasteiger partial charge in [0.05, 0.1) is 6.20 Å². The van der Waals surface area contributed by atoms with E-state index >= 15 is 0 Å². The van der Waals surface area contributed by atoms with Gasteiger partial charge in [-0.25, -0.2) is 9.97 Å². The first-order valence-electron chi connectivity index (χ1n) is 9.19. The van der Waals surface area contributed by atoms with Crippen LogP contribution in [0.5, 0.6) is 0 Å². The molecule has 0 aliphatic heterocycles. The van der Waals surface area contributed by atoms with E-state index in [4.69, 9.17) is 5.73 Å². The Morgan fingerprint density at radius 2 is 2.03 bits per heavy atom. The highest BCUT2D eigenvalue weighted by atomic mass is 16.2. The molecular weight excluding hydrogens is 386 g/mol. The topological polar surface area (TPSA) is 152 Å². The molecule has 152 valence electrons. The molecule has 4 rings (SSSR count). The SMILES string of the molecule is Cc1ncc(C(=O)NC(Cc2c[nH]c3[nH]ccc23)C(=O)C(N)=O)n1-c1ccccn1. The number of nitrogens with one attached hydrogen (secondary N) is 3. The number of primary amides is 1. The first-order chi connectivity index (χ1) is 14.5. The Bertz CT molecular complexity index is 1240. The maximum atomic E-state index is 13.0. The van der Waals surface area contributed by atoms with E-state index in [0.29, 0.717) is 11.6 Å². The molecule has 4 aromatic heterocycles. The predicted octanol–water partition coefficient (Wildman–Crippen LogP) is 0.781. The molecule has 0 saturated heterocycles. The van der Waals surface area contributed by atoms with Crippen molar-refractivity contribution in [3.05, 3.63) is 66.1 Å². The van der Waals surface area contributed by atoms with Gasteiger partial charge in [0.2, 0.25) is 5.78 Å². The van der Waals surface area contributed by atoms with E-state index in [1.165, 1.54) is 6.20 Å². The molecule has 0 saturated carbocycles. The molecule has 1 unspecified atom stereocenters. The van der Waals surface area contributed by atoms with Crippen LogP contribution in [-0.4, -0.2) is 48.1 Å². The van der Waals surface area contributed by atoms with Gasteiger partial charge in [0.25, 0.3) is 11.8 Å². The Morgan fingerprint density at radius 3 is 2.77 bits per heavy atom. The minimum Gasteiger partial charge on any atom is -0.363 e. The fourth-order valence-electron chi connectivity index (χ4n) is 3.38. The summed E-state index contributed by atoms with van der Waals surface area (Å²) in [4.78, 5) is 51.5. The summed E-state index contributed by atoms with van der Waals surface area (Å²) in [5.74, 6) is -1.50. The Labute approximate surface area is 170 Å². The van der Waals surface area contributed by atoms with Crippen molar-refractivity contribution >= 4 is 28.6 Å². The highest BCUT2D eigenvalue weighted by Crippen LogP contribution is 2.19. The molecule has 5 N–H and O–H groups in total. The molecule has 2 amide bonds. The zero-order valence-electron chi connectivity index (χ0n) is 16.0. The number of nitrogens with two attached hydrogens (primary N) is 1. The lowest BCUT2D eigenvalue weighted by Gasteiger charge is -2.17. The van der Waals surface area contributed by atoms with E-state index in [-0.39, 0.29) is 12.1 Å². The van der Waals surface area contributed by atoms with Crippen molar-refractivity contribution in [2.45, 2.75) is 19.4 Å². The van der Waals surface area contributed by atoms with Gasteiger partial charge in [-0.05, 0) is 30.7 Å². The Balaban J connectivity index is 1.64. The van der Waals surface area contributed by atoms with Crippen LogP contribution in [0.1, 0.15) is 21.9 Å². The molecule has 0 aliphatic rings. The first kappa shape index (κ1) is 19.1. The quantitative estimate of drug-likeness (QED) is 0.335. The summed E-state index contributed by atoms with van der Waals surface area (Å²) in [6.45, 7) is 1.74. The molecule has 1 atom stereocenters. The van der Waals surface area contributed by atoms with E-state index in [0.717, 1.165) is 16.6 Å². The van der Waals surface area contributed by atoms with Crippen molar-refractivity contribution in [3.8, 4) is 5.82 Å². The van der Waals surface area contributed by atoms with Crippen molar-refractivity contribution in [3.63, 3.8) is 0 Å². The number of carbonyl (C=O) groups excluding carboxylic acids is 3. The molecule has 0 fully saturated rings. The van der Waals surface area contributed by atoms with Crippen LogP contribution < -0.4 is 11.1 Å². The van der Waals surface area contributed by atoms with Crippen LogP contribution in [0.3, 0.4) is 0 Å². The number of rotatable bonds is 7. The normalized spacial score (nSPS) is 12.0. The number of fused-ring (bicyclic) bond motifs is 1. The number of aromatic nitrogens is 5. The number of aryl methyl sites for hydroxylation is 1. The smallest absolute Gasteiger partial charge is 0.287 e. The number of amides is 2. The van der Waals surface area contributed by atoms with Gasteiger partial charge in [-0.3, -0.25) is 19.0 Å². The number of pyridine rings is 1. The molecule has 30 heavy (non-hydrogen) atoms. The zero-order chi connectivity index (χ0) is 21.3. The predicted molar refractivity (Wildman–Crippen MR) is 108 cm³/mol. The molecule has 0 aromatic carbocycles. The summed E-state index contributed by atoms with van der Waals surface area (Å²) in [6.07, 6.45) is 6.57. The number of hydrogen-bond acceptors (Lipinski definition) is 5. The lowest BCUT2D eigenvalue weighted by atomic mass is 10.0. The Morgan fingerprint density at radius 1 is 1.20 bits per heavy atom. The van der Waals surface area contributed by atoms with E-state index in [2.05, 4.69) is 25.3 Å². The van der Waals surface area contributed by atoms with E-state index in [9.17, 15) is 14.4 Å². The van der Waals surface area contributed by atoms with Gasteiger partial charge < -0.3 is 21.0 Å². The number of H-pyrrole nitrogens is 2. The van der Waals surface area contributed by atoms with Crippen LogP contribution in [0.25, 0.3) is 16.9 Å². The summed E-state index contributed by atoms with van der Waals surface area (Å²) in [5, 5.41) is 3.49. The van der Waals surface area contributed by atoms with Crippen LogP contribution in [-0.2, 0) is 16.0 Å². The van der Waals surface area contributed by atoms with E-state index in [1.807, 2.05) is 6.07 Å². The monoisotopic (exact) mass is 405 g/mol. The van der Waals surface area contributed by atoms with Gasteiger partial charge in [0.15, 0.2) is 0 Å². The van der Waals surface area contributed by atoms with E-state index in [1.54, 1.807) is 48.3 Å². The minimum atomic E-state index is -1.13. The molecule has 0 spiro atoms. The number of hydrogen-bond donors (Lipinski definition) is 4. The number of Topliss-reactive ketones (excluding diaryl/α,β-unsaturated/α-hetero) is 1. The van der Waals surface area contributed by atoms with Crippen molar-refractivity contribution in [2.24, 2.45) is 5.73 Å². The van der Waals surface area contributed by atoms with Crippen LogP contribution >= 0.6 is 0 Å². The fourth-order valence-corrected chi connectivity index (χ4v) is 3.38. The van der Waals surface area contributed by atoms with Crippen LogP contribution in [0.2, 0.25) is 0 Å². The van der Waals surface area contributed by atoms with Gasteiger partial charge in [-0.2, -0.15) is 0 Å². The van der Waals surface area contributed by atoms with Gasteiger partial charge in [-0.1, -0.05) is 6.07 Å². The number of ketones is 1. The molecular formula is C20H19N7O3. The first-order valence-corrected chi connectivity index (χ1v) is 9.19. The highest BCUT2D eigenvalue weighted by Gasteiger charge is 2.28. The Hall–Kier alpha value is -4.21. The average Bonchev–Trinajstić information content (AvgIpc) is 3.44. The van der Waals surface area contributed by atoms with Gasteiger partial charge in [-0.15, -0.1) is 0 Å². The lowest BCUT2D eigenvalue weighted by molar-refractivity contribution is -0.137. The van der Waals surface area contributed by atoms with Gasteiger partial charge in [0, 0.05) is 30.4 Å². The molecule has 4 heterocycles. The molecule has 4 aromatic rings. The van der Waals surface area contributed by atoms with Crippen LogP contribution in [0.15, 0.2) is 49.1 Å². The molecule has 10 nitrogen and oxygen atoms in total. The maximum absolute atomic E-state index is 13.0. The van der Waals surface area contributed by atoms with Gasteiger partial charge in [0.1, 0.15) is 29.0 Å². The number of imidazole rings is 1. The fraction of sp³-hybridized carbons (Fsp3) is 0.150. The average molecular weight is 405 g/mol. The molecule has 0 aliphatic carbocycles. The van der Waals surface area contributed by atoms with Crippen LogP contribution in [0, 0.1) is 6.92 Å². The van der Waals surface area contributed by atoms with Crippen LogP contribution in [0.4, 0.5) is 0 Å². The van der Waals surface area contributed by atoms with Gasteiger partial charge >= 0.3 is 0 Å². The molecule has 0 bridgehead atoms. The third-order valence-corrected chi connectivity index (χ3v) is 4.82. The Kier molecular flexibility index (Phi) is 4.88. The minimum absolute atomic E-state index is 0.0993. The second-order valence-electron chi connectivity index (χ2n) is 6.75. The van der Waals surface area contributed by atoms with E-state index < -0.39 is 23.6 Å². The zero-order valence-corrected chi connectivity index (χ0v) is 16.0. The summed E-state index contributed by atoms with van der Waals surface area (Å²) in [7, 11) is 0. The number of aromatic amines is 2. The second kappa shape index (κ2) is 7.66. The van der Waals surface area contributed by atoms with Crippen molar-refractivity contribution < 1.29 is 14.4 Å². The largest absolute Gasteiger partial charge is 0.363 e.